The fourth-order valence-electron chi connectivity index (χ4n) is 5.83. The Morgan fingerprint density at radius 1 is 0.955 bits per heavy atom. The number of carbonyl (C=O) groups is 1. The number of amides is 1. The van der Waals surface area contributed by atoms with Crippen LogP contribution < -0.4 is 10.6 Å². The molecule has 5 rings (SSSR count). The fourth-order valence-corrected chi connectivity index (χ4v) is 6.31. The van der Waals surface area contributed by atoms with Crippen molar-refractivity contribution in [3.05, 3.63) is 112 Å². The Bertz CT molecular complexity index is 1690. The molecule has 2 heterocycles. The molecular weight excluding hydrogens is 572 g/mol. The van der Waals surface area contributed by atoms with E-state index in [4.69, 9.17) is 9.65 Å². The van der Waals surface area contributed by atoms with Crippen molar-refractivity contribution in [1.29, 1.82) is 0 Å². The summed E-state index contributed by atoms with van der Waals surface area (Å²) in [4.78, 5) is 13.8. The zero-order valence-electron chi connectivity index (χ0n) is 26.7. The van der Waals surface area contributed by atoms with Gasteiger partial charge in [0.2, 0.25) is 0 Å². The summed E-state index contributed by atoms with van der Waals surface area (Å²) in [6.45, 7) is 14.5. The van der Waals surface area contributed by atoms with Crippen LogP contribution in [0.15, 0.2) is 83.8 Å². The molecule has 0 spiro atoms. The lowest BCUT2D eigenvalue weighted by Gasteiger charge is -2.38. The van der Waals surface area contributed by atoms with E-state index in [9.17, 15) is 13.2 Å². The molecule has 0 fully saturated rings. The van der Waals surface area contributed by atoms with Crippen molar-refractivity contribution in [3.63, 3.8) is 0 Å². The molecule has 4 aromatic rings. The number of nitrogens with zero attached hydrogens (tertiary/aromatic N) is 2. The Morgan fingerprint density at radius 2 is 1.50 bits per heavy atom. The minimum Gasteiger partial charge on any atom is -0.363 e. The Balaban J connectivity index is 0.000000339. The molecule has 234 valence electrons. The summed E-state index contributed by atoms with van der Waals surface area (Å²) in [5, 5.41) is 11.9. The quantitative estimate of drug-likeness (QED) is 0.186. The summed E-state index contributed by atoms with van der Waals surface area (Å²) < 4.78 is 31.6. The van der Waals surface area contributed by atoms with Crippen LogP contribution in [0.1, 0.15) is 91.3 Å². The van der Waals surface area contributed by atoms with Gasteiger partial charge in [0.25, 0.3) is 16.0 Å². The maximum absolute atomic E-state index is 13.8. The van der Waals surface area contributed by atoms with Crippen molar-refractivity contribution in [2.24, 2.45) is 0 Å². The third kappa shape index (κ3) is 7.05. The second kappa shape index (κ2) is 13.0. The monoisotopic (exact) mass is 616 g/mol. The number of carbonyl (C=O) groups excluding carboxylic acids is 1. The van der Waals surface area contributed by atoms with E-state index in [1.807, 2.05) is 24.6 Å². The van der Waals surface area contributed by atoms with Crippen LogP contribution in [0.3, 0.4) is 0 Å². The maximum atomic E-state index is 13.8. The molecule has 1 aliphatic rings. The highest BCUT2D eigenvalue weighted by Gasteiger charge is 2.39. The standard InChI is InChI=1S/C28H36N4O.C7H8O3S/c1-7-28(8-2,22-16-14-19(3)15-17-22)30-26(33)24-20(4)31-32-25(24)29-23(18-27(32,5)6)21-12-10-9-11-13-21;1-6-2-4-7(5-3-6)11(8,9)10/h9-17,23,29H,7-8,18H2,1-6H3,(H,30,33);2-5H,1H3,(H,8,9,10)/t23-;/m1./s1. The molecular formula is C35H44N4O4S. The molecule has 1 aromatic heterocycles. The van der Waals surface area contributed by atoms with Gasteiger partial charge in [-0.25, -0.2) is 4.68 Å². The highest BCUT2D eigenvalue weighted by Crippen LogP contribution is 2.41. The Labute approximate surface area is 261 Å². The van der Waals surface area contributed by atoms with Crippen molar-refractivity contribution in [2.45, 2.75) is 89.7 Å². The molecule has 0 aliphatic carbocycles. The average Bonchev–Trinajstić information content (AvgIpc) is 3.33. The van der Waals surface area contributed by atoms with E-state index in [0.717, 1.165) is 41.9 Å². The van der Waals surface area contributed by atoms with Gasteiger partial charge in [-0.3, -0.25) is 9.35 Å². The van der Waals surface area contributed by atoms with Gasteiger partial charge in [0, 0.05) is 0 Å². The summed E-state index contributed by atoms with van der Waals surface area (Å²) in [6.07, 6.45) is 2.52. The lowest BCUT2D eigenvalue weighted by molar-refractivity contribution is 0.0889. The van der Waals surface area contributed by atoms with Crippen LogP contribution in [0.5, 0.6) is 0 Å². The Kier molecular flexibility index (Phi) is 9.71. The van der Waals surface area contributed by atoms with Crippen LogP contribution in [0.4, 0.5) is 5.82 Å². The fraction of sp³-hybridized carbons (Fsp3) is 0.371. The van der Waals surface area contributed by atoms with E-state index in [-0.39, 0.29) is 22.4 Å². The summed E-state index contributed by atoms with van der Waals surface area (Å²) >= 11 is 0. The van der Waals surface area contributed by atoms with E-state index in [1.54, 1.807) is 12.1 Å². The van der Waals surface area contributed by atoms with Gasteiger partial charge in [0.1, 0.15) is 11.4 Å². The van der Waals surface area contributed by atoms with E-state index in [0.29, 0.717) is 5.56 Å². The number of rotatable bonds is 7. The number of anilines is 1. The summed E-state index contributed by atoms with van der Waals surface area (Å²) in [7, 11) is -4.02. The number of hydrogen-bond donors (Lipinski definition) is 3. The van der Waals surface area contributed by atoms with Crippen molar-refractivity contribution >= 4 is 21.8 Å². The normalized spacial score (nSPS) is 15.8. The van der Waals surface area contributed by atoms with Crippen molar-refractivity contribution in [3.8, 4) is 0 Å². The third-order valence-electron chi connectivity index (χ3n) is 8.56. The third-order valence-corrected chi connectivity index (χ3v) is 9.43. The zero-order chi connectivity index (χ0) is 32.3. The number of hydrogen-bond acceptors (Lipinski definition) is 5. The number of benzene rings is 3. The molecule has 8 nitrogen and oxygen atoms in total. The predicted octanol–water partition coefficient (Wildman–Crippen LogP) is 7.48. The van der Waals surface area contributed by atoms with E-state index in [2.05, 4.69) is 93.8 Å². The van der Waals surface area contributed by atoms with Crippen molar-refractivity contribution in [2.75, 3.05) is 5.32 Å². The SMILES string of the molecule is CCC(CC)(NC(=O)c1c(C)nn2c1N[C@@H](c1ccccc1)CC2(C)C)c1ccc(C)cc1.Cc1ccc(S(=O)(=O)O)cc1. The van der Waals surface area contributed by atoms with Crippen LogP contribution in [-0.2, 0) is 21.2 Å². The zero-order valence-corrected chi connectivity index (χ0v) is 27.5. The van der Waals surface area contributed by atoms with Crippen molar-refractivity contribution < 1.29 is 17.8 Å². The van der Waals surface area contributed by atoms with Crippen LogP contribution in [0.2, 0.25) is 0 Å². The molecule has 1 atom stereocenters. The van der Waals surface area contributed by atoms with Gasteiger partial charge >= 0.3 is 0 Å². The molecule has 44 heavy (non-hydrogen) atoms. The van der Waals surface area contributed by atoms with Crippen LogP contribution >= 0.6 is 0 Å². The summed E-state index contributed by atoms with van der Waals surface area (Å²) in [5.74, 6) is 0.732. The molecule has 0 saturated heterocycles. The van der Waals surface area contributed by atoms with Gasteiger partial charge in [-0.2, -0.15) is 13.5 Å². The molecule has 9 heteroatoms. The van der Waals surface area contributed by atoms with E-state index >= 15 is 0 Å². The van der Waals surface area contributed by atoms with Gasteiger partial charge in [-0.15, -0.1) is 0 Å². The second-order valence-electron chi connectivity index (χ2n) is 12.2. The highest BCUT2D eigenvalue weighted by molar-refractivity contribution is 7.85. The molecule has 3 N–H and O–H groups in total. The smallest absolute Gasteiger partial charge is 0.294 e. The predicted molar refractivity (Wildman–Crippen MR) is 176 cm³/mol. The first kappa shape index (κ1) is 33.0. The molecule has 0 unspecified atom stereocenters. The van der Waals surface area contributed by atoms with E-state index < -0.39 is 15.7 Å². The number of nitrogens with one attached hydrogen (secondary N) is 2. The Morgan fingerprint density at radius 3 is 2.02 bits per heavy atom. The van der Waals surface area contributed by atoms with Crippen LogP contribution in [-0.4, -0.2) is 28.7 Å². The van der Waals surface area contributed by atoms with Gasteiger partial charge in [0.05, 0.1) is 27.7 Å². The Hall–Kier alpha value is -3.95. The first-order valence-corrected chi connectivity index (χ1v) is 16.5. The largest absolute Gasteiger partial charge is 0.363 e. The molecule has 0 saturated carbocycles. The first-order valence-electron chi connectivity index (χ1n) is 15.1. The molecule has 0 bridgehead atoms. The minimum atomic E-state index is -4.02. The average molecular weight is 617 g/mol. The van der Waals surface area contributed by atoms with Crippen LogP contribution in [0, 0.1) is 20.8 Å². The number of fused-ring (bicyclic) bond motifs is 1. The van der Waals surface area contributed by atoms with Crippen molar-refractivity contribution in [1.82, 2.24) is 15.1 Å². The number of aryl methyl sites for hydroxylation is 3. The maximum Gasteiger partial charge on any atom is 0.294 e. The van der Waals surface area contributed by atoms with Gasteiger partial charge in [0.15, 0.2) is 0 Å². The van der Waals surface area contributed by atoms with Crippen LogP contribution in [0.25, 0.3) is 0 Å². The molecule has 1 amide bonds. The topological polar surface area (TPSA) is 113 Å². The minimum absolute atomic E-state index is 0.0666. The van der Waals surface area contributed by atoms with E-state index in [1.165, 1.54) is 23.3 Å². The second-order valence-corrected chi connectivity index (χ2v) is 13.7. The molecule has 0 radical (unpaired) electrons. The van der Waals surface area contributed by atoms with Gasteiger partial charge in [-0.05, 0) is 77.1 Å². The lowest BCUT2D eigenvalue weighted by Crippen LogP contribution is -2.45. The number of aromatic nitrogens is 2. The van der Waals surface area contributed by atoms with Gasteiger partial charge < -0.3 is 10.6 Å². The first-order chi connectivity index (χ1) is 20.7. The van der Waals surface area contributed by atoms with Gasteiger partial charge in [-0.1, -0.05) is 91.7 Å². The summed E-state index contributed by atoms with van der Waals surface area (Å²) in [5.41, 5.74) is 5.29. The molecule has 3 aromatic carbocycles. The highest BCUT2D eigenvalue weighted by atomic mass is 32.2. The summed E-state index contributed by atoms with van der Waals surface area (Å²) in [6, 6.07) is 25.0. The lowest BCUT2D eigenvalue weighted by atomic mass is 9.84. The molecule has 1 aliphatic heterocycles.